The Balaban J connectivity index is 3.01. The molecule has 0 unspecified atom stereocenters. The van der Waals surface area contributed by atoms with Gasteiger partial charge in [-0.2, -0.15) is 0 Å². The highest BCUT2D eigenvalue weighted by Gasteiger charge is 2.26. The Kier molecular flexibility index (Phi) is 4.76. The van der Waals surface area contributed by atoms with E-state index in [0.717, 1.165) is 5.57 Å². The maximum Gasteiger partial charge on any atom is 0.161 e. The van der Waals surface area contributed by atoms with E-state index in [4.69, 9.17) is 11.6 Å². The molecule has 1 aliphatic carbocycles. The van der Waals surface area contributed by atoms with Crippen LogP contribution in [-0.2, 0) is 4.79 Å². The van der Waals surface area contributed by atoms with Crippen molar-refractivity contribution in [3.8, 4) is 0 Å². The monoisotopic (exact) mass is 252 g/mol. The molecule has 0 saturated carbocycles. The highest BCUT2D eigenvalue weighted by Crippen LogP contribution is 2.40. The predicted octanol–water partition coefficient (Wildman–Crippen LogP) is 4.78. The third kappa shape index (κ3) is 3.57. The number of hydrogen-bond acceptors (Lipinski definition) is 1. The molecule has 0 spiro atoms. The van der Waals surface area contributed by atoms with Gasteiger partial charge in [0.25, 0.3) is 0 Å². The summed E-state index contributed by atoms with van der Waals surface area (Å²) in [7, 11) is 0. The van der Waals surface area contributed by atoms with Crippen LogP contribution in [0.25, 0.3) is 0 Å². The van der Waals surface area contributed by atoms with Gasteiger partial charge in [0, 0.05) is 0 Å². The van der Waals surface area contributed by atoms with Gasteiger partial charge >= 0.3 is 0 Å². The summed E-state index contributed by atoms with van der Waals surface area (Å²) in [6.07, 6.45) is 8.41. The summed E-state index contributed by atoms with van der Waals surface area (Å²) in [6, 6.07) is 0. The van der Waals surface area contributed by atoms with Gasteiger partial charge in [-0.25, -0.2) is 0 Å². The number of rotatable bonds is 3. The number of halogens is 1. The minimum Gasteiger partial charge on any atom is -0.297 e. The molecule has 0 aliphatic heterocycles. The maximum absolute atomic E-state index is 10.6. The third-order valence-electron chi connectivity index (χ3n) is 3.52. The van der Waals surface area contributed by atoms with Gasteiger partial charge in [-0.05, 0) is 49.7 Å². The lowest BCUT2D eigenvalue weighted by Gasteiger charge is -2.32. The molecule has 2 heteroatoms. The van der Waals surface area contributed by atoms with Crippen LogP contribution in [0.5, 0.6) is 0 Å². The standard InChI is InChI=1S/C15H21ClO/c1-11-6-5-9-15(3,4)13(11)8-7-12(2)14(16)10-17/h7-8,10H,5-6,9H2,1-4H3/b8-7+,14-12+. The lowest BCUT2D eigenvalue weighted by molar-refractivity contribution is -0.104. The van der Waals surface area contributed by atoms with Crippen molar-refractivity contribution in [2.45, 2.75) is 47.0 Å². The van der Waals surface area contributed by atoms with Gasteiger partial charge in [-0.3, -0.25) is 4.79 Å². The van der Waals surface area contributed by atoms with Crippen LogP contribution < -0.4 is 0 Å². The molecule has 0 heterocycles. The van der Waals surface area contributed by atoms with Crippen molar-refractivity contribution in [2.24, 2.45) is 5.41 Å². The first kappa shape index (κ1) is 14.2. The van der Waals surface area contributed by atoms with Crippen LogP contribution >= 0.6 is 11.6 Å². The first-order valence-electron chi connectivity index (χ1n) is 6.08. The van der Waals surface area contributed by atoms with Gasteiger partial charge in [0.15, 0.2) is 6.29 Å². The minimum absolute atomic E-state index is 0.229. The molecule has 0 saturated heterocycles. The number of hydrogen-bond donors (Lipinski definition) is 0. The molecule has 1 aliphatic rings. The number of aldehydes is 1. The fourth-order valence-corrected chi connectivity index (χ4v) is 2.45. The van der Waals surface area contributed by atoms with Crippen molar-refractivity contribution in [3.63, 3.8) is 0 Å². The maximum atomic E-state index is 10.6. The van der Waals surface area contributed by atoms with Crippen LogP contribution in [0, 0.1) is 5.41 Å². The van der Waals surface area contributed by atoms with Gasteiger partial charge in [0.2, 0.25) is 0 Å². The normalized spacial score (nSPS) is 21.7. The van der Waals surface area contributed by atoms with E-state index in [2.05, 4.69) is 26.8 Å². The quantitative estimate of drug-likeness (QED) is 0.401. The second kappa shape index (κ2) is 5.68. The molecule has 17 heavy (non-hydrogen) atoms. The largest absolute Gasteiger partial charge is 0.297 e. The Morgan fingerprint density at radius 1 is 1.41 bits per heavy atom. The van der Waals surface area contributed by atoms with E-state index >= 15 is 0 Å². The Morgan fingerprint density at radius 3 is 2.59 bits per heavy atom. The van der Waals surface area contributed by atoms with Gasteiger partial charge < -0.3 is 0 Å². The second-order valence-corrected chi connectivity index (χ2v) is 5.82. The van der Waals surface area contributed by atoms with Crippen LogP contribution in [0.15, 0.2) is 33.9 Å². The first-order valence-corrected chi connectivity index (χ1v) is 6.46. The molecule has 0 bridgehead atoms. The zero-order valence-corrected chi connectivity index (χ0v) is 11.9. The molecule has 0 aromatic rings. The summed E-state index contributed by atoms with van der Waals surface area (Å²) in [5, 5.41) is 0.285. The fraction of sp³-hybridized carbons (Fsp3) is 0.533. The Bertz CT molecular complexity index is 397. The van der Waals surface area contributed by atoms with Gasteiger partial charge in [0.1, 0.15) is 0 Å². The van der Waals surface area contributed by atoms with Crippen molar-refractivity contribution >= 4 is 17.9 Å². The van der Waals surface area contributed by atoms with E-state index in [1.54, 1.807) is 0 Å². The first-order chi connectivity index (χ1) is 7.88. The van der Waals surface area contributed by atoms with Crippen molar-refractivity contribution in [1.29, 1.82) is 0 Å². The SMILES string of the molecule is CC1=C(/C=C/C(C)=C(/Cl)C=O)C(C)(C)CCC1. The fourth-order valence-electron chi connectivity index (χ4n) is 2.39. The average Bonchev–Trinajstić information content (AvgIpc) is 2.26. The van der Waals surface area contributed by atoms with Crippen molar-refractivity contribution < 1.29 is 4.79 Å². The third-order valence-corrected chi connectivity index (χ3v) is 3.91. The molecule has 0 aromatic carbocycles. The van der Waals surface area contributed by atoms with E-state index in [-0.39, 0.29) is 10.4 Å². The lowest BCUT2D eigenvalue weighted by Crippen LogP contribution is -2.19. The average molecular weight is 253 g/mol. The second-order valence-electron chi connectivity index (χ2n) is 5.41. The lowest BCUT2D eigenvalue weighted by atomic mass is 9.72. The van der Waals surface area contributed by atoms with Crippen LogP contribution in [0.4, 0.5) is 0 Å². The summed E-state index contributed by atoms with van der Waals surface area (Å²) in [6.45, 7) is 8.60. The van der Waals surface area contributed by atoms with E-state index in [0.29, 0.717) is 6.29 Å². The van der Waals surface area contributed by atoms with E-state index < -0.39 is 0 Å². The minimum atomic E-state index is 0.229. The number of carbonyl (C=O) groups is 1. The summed E-state index contributed by atoms with van der Waals surface area (Å²) in [5.41, 5.74) is 3.89. The summed E-state index contributed by atoms with van der Waals surface area (Å²) in [4.78, 5) is 10.6. The van der Waals surface area contributed by atoms with E-state index in [9.17, 15) is 4.79 Å². The van der Waals surface area contributed by atoms with Crippen LogP contribution in [-0.4, -0.2) is 6.29 Å². The highest BCUT2D eigenvalue weighted by molar-refractivity contribution is 6.39. The predicted molar refractivity (Wildman–Crippen MR) is 74.1 cm³/mol. The number of carbonyl (C=O) groups excluding carboxylic acids is 1. The van der Waals surface area contributed by atoms with Crippen LogP contribution in [0.3, 0.4) is 0 Å². The van der Waals surface area contributed by atoms with Crippen LogP contribution in [0.1, 0.15) is 47.0 Å². The summed E-state index contributed by atoms with van der Waals surface area (Å²) < 4.78 is 0. The molecule has 1 rings (SSSR count). The van der Waals surface area contributed by atoms with Gasteiger partial charge in [0.05, 0.1) is 5.03 Å². The topological polar surface area (TPSA) is 17.1 Å². The summed E-state index contributed by atoms with van der Waals surface area (Å²) >= 11 is 5.79. The van der Waals surface area contributed by atoms with E-state index in [1.165, 1.54) is 30.4 Å². The molecule has 0 aromatic heterocycles. The molecule has 94 valence electrons. The summed E-state index contributed by atoms with van der Waals surface area (Å²) in [5.74, 6) is 0. The Morgan fingerprint density at radius 2 is 2.06 bits per heavy atom. The zero-order valence-electron chi connectivity index (χ0n) is 11.1. The molecule has 1 nitrogen and oxygen atoms in total. The van der Waals surface area contributed by atoms with E-state index in [1.807, 2.05) is 13.0 Å². The highest BCUT2D eigenvalue weighted by atomic mass is 35.5. The van der Waals surface area contributed by atoms with Crippen molar-refractivity contribution in [3.05, 3.63) is 33.9 Å². The van der Waals surface area contributed by atoms with Crippen LogP contribution in [0.2, 0.25) is 0 Å². The molecule has 0 amide bonds. The van der Waals surface area contributed by atoms with Crippen molar-refractivity contribution in [1.82, 2.24) is 0 Å². The Labute approximate surface area is 109 Å². The van der Waals surface area contributed by atoms with Gasteiger partial charge in [-0.1, -0.05) is 43.2 Å². The molecule has 0 fully saturated rings. The molecule has 0 N–H and O–H groups in total. The molecular weight excluding hydrogens is 232 g/mol. The van der Waals surface area contributed by atoms with Crippen molar-refractivity contribution in [2.75, 3.05) is 0 Å². The Hall–Kier alpha value is -0.820. The molecular formula is C15H21ClO. The zero-order chi connectivity index (χ0) is 13.1. The molecule has 0 radical (unpaired) electrons. The number of allylic oxidation sites excluding steroid dienone is 6. The van der Waals surface area contributed by atoms with Gasteiger partial charge in [-0.15, -0.1) is 0 Å². The smallest absolute Gasteiger partial charge is 0.161 e. The molecule has 0 atom stereocenters.